The van der Waals surface area contributed by atoms with Crippen LogP contribution in [0.1, 0.15) is 16.7 Å². The Balaban J connectivity index is 1.77. The van der Waals surface area contributed by atoms with Gasteiger partial charge in [0.2, 0.25) is 5.91 Å². The summed E-state index contributed by atoms with van der Waals surface area (Å²) in [4.78, 5) is 23.9. The zero-order chi connectivity index (χ0) is 16.6. The van der Waals surface area contributed by atoms with E-state index in [2.05, 4.69) is 12.2 Å². The molecule has 118 valence electrons. The minimum atomic E-state index is -0.0594. The fraction of sp³-hybridized carbons (Fsp3) is 0.222. The molecular formula is C18H18N2O2S. The van der Waals surface area contributed by atoms with Gasteiger partial charge in [0.05, 0.1) is 16.6 Å². The van der Waals surface area contributed by atoms with Crippen molar-refractivity contribution in [2.75, 3.05) is 5.32 Å². The van der Waals surface area contributed by atoms with Gasteiger partial charge in [0.15, 0.2) is 0 Å². The van der Waals surface area contributed by atoms with Crippen molar-refractivity contribution in [2.45, 2.75) is 20.3 Å². The number of anilines is 1. The Bertz CT molecular complexity index is 953. The molecule has 4 nitrogen and oxygen atoms in total. The topological polar surface area (TPSA) is 51.1 Å². The van der Waals surface area contributed by atoms with Gasteiger partial charge in [-0.15, -0.1) is 0 Å². The quantitative estimate of drug-likeness (QED) is 0.802. The van der Waals surface area contributed by atoms with Gasteiger partial charge in [0.1, 0.15) is 0 Å². The molecule has 0 bridgehead atoms. The van der Waals surface area contributed by atoms with Crippen LogP contribution in [0.25, 0.3) is 10.2 Å². The van der Waals surface area contributed by atoms with Gasteiger partial charge in [-0.2, -0.15) is 0 Å². The van der Waals surface area contributed by atoms with Crippen LogP contribution >= 0.6 is 11.3 Å². The second kappa shape index (κ2) is 6.01. The summed E-state index contributed by atoms with van der Waals surface area (Å²) in [5.41, 5.74) is 5.00. The highest BCUT2D eigenvalue weighted by Crippen LogP contribution is 2.21. The van der Waals surface area contributed by atoms with Gasteiger partial charge in [0, 0.05) is 12.7 Å². The minimum absolute atomic E-state index is 0.00129. The fourth-order valence-electron chi connectivity index (χ4n) is 2.52. The monoisotopic (exact) mass is 326 g/mol. The first-order chi connectivity index (χ1) is 10.9. The number of amides is 1. The van der Waals surface area contributed by atoms with Crippen LogP contribution in [0.3, 0.4) is 0 Å². The molecule has 0 aliphatic carbocycles. The van der Waals surface area contributed by atoms with E-state index in [9.17, 15) is 9.59 Å². The first kappa shape index (κ1) is 15.5. The molecule has 0 fully saturated rings. The molecule has 5 heteroatoms. The van der Waals surface area contributed by atoms with Crippen LogP contribution in [0.15, 0.2) is 41.2 Å². The number of hydrogen-bond donors (Lipinski definition) is 1. The summed E-state index contributed by atoms with van der Waals surface area (Å²) in [6.45, 7) is 4.10. The van der Waals surface area contributed by atoms with E-state index in [1.54, 1.807) is 11.6 Å². The summed E-state index contributed by atoms with van der Waals surface area (Å²) in [5.74, 6) is -0.0594. The summed E-state index contributed by atoms with van der Waals surface area (Å²) in [5, 5.41) is 2.90. The van der Waals surface area contributed by atoms with E-state index in [0.717, 1.165) is 15.8 Å². The molecule has 1 N–H and O–H groups in total. The molecule has 0 aliphatic rings. The number of aryl methyl sites for hydroxylation is 3. The maximum atomic E-state index is 12.2. The van der Waals surface area contributed by atoms with Crippen molar-refractivity contribution in [1.29, 1.82) is 0 Å². The van der Waals surface area contributed by atoms with E-state index < -0.39 is 0 Å². The van der Waals surface area contributed by atoms with E-state index >= 15 is 0 Å². The number of aromatic nitrogens is 1. The molecule has 1 aromatic heterocycles. The summed E-state index contributed by atoms with van der Waals surface area (Å²) >= 11 is 1.18. The molecule has 0 saturated heterocycles. The van der Waals surface area contributed by atoms with Crippen molar-refractivity contribution in [2.24, 2.45) is 7.05 Å². The third kappa shape index (κ3) is 3.19. The Labute approximate surface area is 138 Å². The number of hydrogen-bond acceptors (Lipinski definition) is 3. The van der Waals surface area contributed by atoms with Gasteiger partial charge in [-0.05, 0) is 48.7 Å². The Hall–Kier alpha value is -2.40. The van der Waals surface area contributed by atoms with Crippen molar-refractivity contribution < 1.29 is 4.79 Å². The number of fused-ring (bicyclic) bond motifs is 1. The summed E-state index contributed by atoms with van der Waals surface area (Å²) < 4.78 is 2.49. The second-order valence-electron chi connectivity index (χ2n) is 5.75. The number of rotatable bonds is 3. The number of benzene rings is 2. The average molecular weight is 326 g/mol. The van der Waals surface area contributed by atoms with Crippen molar-refractivity contribution >= 4 is 33.1 Å². The molecule has 1 amide bonds. The van der Waals surface area contributed by atoms with Crippen molar-refractivity contribution in [3.63, 3.8) is 0 Å². The molecule has 0 spiro atoms. The van der Waals surface area contributed by atoms with Crippen LogP contribution in [0.2, 0.25) is 0 Å². The van der Waals surface area contributed by atoms with Crippen LogP contribution in [-0.2, 0) is 18.3 Å². The van der Waals surface area contributed by atoms with Crippen LogP contribution in [0, 0.1) is 13.8 Å². The smallest absolute Gasteiger partial charge is 0.307 e. The zero-order valence-electron chi connectivity index (χ0n) is 13.3. The van der Waals surface area contributed by atoms with Crippen LogP contribution in [-0.4, -0.2) is 10.5 Å². The summed E-state index contributed by atoms with van der Waals surface area (Å²) in [6.07, 6.45) is 0.337. The Kier molecular flexibility index (Phi) is 4.05. The number of thiazole rings is 1. The molecule has 0 saturated carbocycles. The predicted molar refractivity (Wildman–Crippen MR) is 95.3 cm³/mol. The molecular weight excluding hydrogens is 308 g/mol. The van der Waals surface area contributed by atoms with E-state index in [0.29, 0.717) is 12.1 Å². The predicted octanol–water partition coefficient (Wildman–Crippen LogP) is 3.40. The molecule has 23 heavy (non-hydrogen) atoms. The normalized spacial score (nSPS) is 10.9. The van der Waals surface area contributed by atoms with E-state index in [1.165, 1.54) is 22.5 Å². The maximum Gasteiger partial charge on any atom is 0.307 e. The van der Waals surface area contributed by atoms with Gasteiger partial charge < -0.3 is 9.88 Å². The van der Waals surface area contributed by atoms with E-state index in [4.69, 9.17) is 0 Å². The lowest BCUT2D eigenvalue weighted by Gasteiger charge is -2.07. The van der Waals surface area contributed by atoms with Gasteiger partial charge in [-0.3, -0.25) is 9.59 Å². The lowest BCUT2D eigenvalue weighted by Crippen LogP contribution is -2.14. The Morgan fingerprint density at radius 2 is 1.91 bits per heavy atom. The van der Waals surface area contributed by atoms with Crippen LogP contribution < -0.4 is 10.2 Å². The highest BCUT2D eigenvalue weighted by molar-refractivity contribution is 7.16. The molecule has 2 aromatic carbocycles. The van der Waals surface area contributed by atoms with Crippen molar-refractivity contribution in [3.8, 4) is 0 Å². The molecule has 1 heterocycles. The van der Waals surface area contributed by atoms with Gasteiger partial charge >= 0.3 is 4.87 Å². The van der Waals surface area contributed by atoms with E-state index in [1.807, 2.05) is 43.3 Å². The van der Waals surface area contributed by atoms with Crippen molar-refractivity contribution in [3.05, 3.63) is 62.8 Å². The van der Waals surface area contributed by atoms with E-state index in [-0.39, 0.29) is 10.8 Å². The number of nitrogens with zero attached hydrogens (tertiary/aromatic N) is 1. The third-order valence-corrected chi connectivity index (χ3v) is 5.01. The van der Waals surface area contributed by atoms with Crippen molar-refractivity contribution in [1.82, 2.24) is 4.57 Å². The Morgan fingerprint density at radius 1 is 1.13 bits per heavy atom. The number of nitrogens with one attached hydrogen (secondary N) is 1. The highest BCUT2D eigenvalue weighted by Gasteiger charge is 2.08. The summed E-state index contributed by atoms with van der Waals surface area (Å²) in [6, 6.07) is 11.6. The molecule has 0 atom stereocenters. The highest BCUT2D eigenvalue weighted by atomic mass is 32.1. The first-order valence-electron chi connectivity index (χ1n) is 7.39. The van der Waals surface area contributed by atoms with Gasteiger partial charge in [0.25, 0.3) is 0 Å². The SMILES string of the molecule is Cc1ccc(CC(=O)Nc2ccc3c(c2)sc(=O)n3C)cc1C. The minimum Gasteiger partial charge on any atom is -0.326 e. The lowest BCUT2D eigenvalue weighted by atomic mass is 10.0. The molecule has 3 aromatic rings. The van der Waals surface area contributed by atoms with Crippen LogP contribution in [0.5, 0.6) is 0 Å². The molecule has 0 unspecified atom stereocenters. The zero-order valence-corrected chi connectivity index (χ0v) is 14.2. The maximum absolute atomic E-state index is 12.2. The van der Waals surface area contributed by atoms with Gasteiger partial charge in [-0.1, -0.05) is 29.5 Å². The Morgan fingerprint density at radius 3 is 2.65 bits per heavy atom. The number of carbonyl (C=O) groups is 1. The first-order valence-corrected chi connectivity index (χ1v) is 8.21. The number of carbonyl (C=O) groups excluding carboxylic acids is 1. The molecule has 0 radical (unpaired) electrons. The standard InChI is InChI=1S/C18H18N2O2S/c1-11-4-5-13(8-12(11)2)9-17(21)19-14-6-7-15-16(10-14)23-18(22)20(15)3/h4-8,10H,9H2,1-3H3,(H,19,21). The largest absolute Gasteiger partial charge is 0.326 e. The lowest BCUT2D eigenvalue weighted by molar-refractivity contribution is -0.115. The second-order valence-corrected chi connectivity index (χ2v) is 6.75. The van der Waals surface area contributed by atoms with Gasteiger partial charge in [-0.25, -0.2) is 0 Å². The summed E-state index contributed by atoms with van der Waals surface area (Å²) in [7, 11) is 1.75. The van der Waals surface area contributed by atoms with Crippen LogP contribution in [0.4, 0.5) is 5.69 Å². The molecule has 0 aliphatic heterocycles. The fourth-order valence-corrected chi connectivity index (χ4v) is 3.43. The molecule has 3 rings (SSSR count). The average Bonchev–Trinajstić information content (AvgIpc) is 2.77. The third-order valence-electron chi connectivity index (χ3n) is 4.01.